The number of benzene rings is 1. The molecule has 0 atom stereocenters. The molecule has 0 saturated carbocycles. The molecular formula is C13H12BrN3O2S. The van der Waals surface area contributed by atoms with Gasteiger partial charge < -0.3 is 11.1 Å². The van der Waals surface area contributed by atoms with Crippen LogP contribution in [0.25, 0.3) is 0 Å². The molecule has 20 heavy (non-hydrogen) atoms. The number of aromatic nitrogens is 1. The summed E-state index contributed by atoms with van der Waals surface area (Å²) in [4.78, 5) is 26.7. The Morgan fingerprint density at radius 3 is 2.60 bits per heavy atom. The molecule has 0 radical (unpaired) electrons. The van der Waals surface area contributed by atoms with Gasteiger partial charge in [0.25, 0.3) is 0 Å². The van der Waals surface area contributed by atoms with Crippen molar-refractivity contribution in [3.05, 3.63) is 45.4 Å². The Bertz CT molecular complexity index is 625. The van der Waals surface area contributed by atoms with Crippen molar-refractivity contribution in [2.75, 3.05) is 5.32 Å². The summed E-state index contributed by atoms with van der Waals surface area (Å²) in [6, 6.07) is 7.53. The molecule has 0 bridgehead atoms. The van der Waals surface area contributed by atoms with E-state index in [1.807, 2.05) is 24.3 Å². The van der Waals surface area contributed by atoms with E-state index in [0.717, 1.165) is 10.0 Å². The molecule has 2 amide bonds. The average molecular weight is 354 g/mol. The fourth-order valence-corrected chi connectivity index (χ4v) is 2.57. The zero-order valence-electron chi connectivity index (χ0n) is 10.4. The van der Waals surface area contributed by atoms with Crippen LogP contribution in [-0.4, -0.2) is 16.8 Å². The van der Waals surface area contributed by atoms with Gasteiger partial charge in [-0.25, -0.2) is 4.98 Å². The van der Waals surface area contributed by atoms with E-state index in [1.54, 1.807) is 5.38 Å². The maximum Gasteiger partial charge on any atom is 0.230 e. The van der Waals surface area contributed by atoms with Gasteiger partial charge in [-0.1, -0.05) is 28.1 Å². The van der Waals surface area contributed by atoms with Crippen LogP contribution in [0, 0.1) is 0 Å². The predicted octanol–water partition coefficient (Wildman–Crippen LogP) is 2.11. The highest BCUT2D eigenvalue weighted by Gasteiger charge is 2.09. The second-order valence-corrected chi connectivity index (χ2v) is 5.91. The topological polar surface area (TPSA) is 85.1 Å². The average Bonchev–Trinajstić information content (AvgIpc) is 2.78. The molecule has 104 valence electrons. The molecule has 1 heterocycles. The van der Waals surface area contributed by atoms with Gasteiger partial charge in [0.1, 0.15) is 0 Å². The van der Waals surface area contributed by atoms with Gasteiger partial charge >= 0.3 is 0 Å². The summed E-state index contributed by atoms with van der Waals surface area (Å²) >= 11 is 4.62. The van der Waals surface area contributed by atoms with Crippen LogP contribution in [0.15, 0.2) is 34.1 Å². The van der Waals surface area contributed by atoms with E-state index in [2.05, 4.69) is 26.2 Å². The number of carbonyl (C=O) groups is 2. The first kappa shape index (κ1) is 14.7. The zero-order chi connectivity index (χ0) is 14.5. The highest BCUT2D eigenvalue weighted by Crippen LogP contribution is 2.16. The van der Waals surface area contributed by atoms with E-state index >= 15 is 0 Å². The lowest BCUT2D eigenvalue weighted by Crippen LogP contribution is -2.15. The zero-order valence-corrected chi connectivity index (χ0v) is 12.8. The maximum atomic E-state index is 11.9. The number of halogens is 1. The molecule has 0 aliphatic rings. The van der Waals surface area contributed by atoms with Gasteiger partial charge in [-0.05, 0) is 17.7 Å². The molecule has 3 N–H and O–H groups in total. The lowest BCUT2D eigenvalue weighted by molar-refractivity contribution is -0.117. The molecule has 0 fully saturated rings. The number of nitrogens with two attached hydrogens (primary N) is 1. The molecule has 7 heteroatoms. The summed E-state index contributed by atoms with van der Waals surface area (Å²) in [6.45, 7) is 0. The second-order valence-electron chi connectivity index (χ2n) is 4.14. The van der Waals surface area contributed by atoms with Crippen LogP contribution in [0.3, 0.4) is 0 Å². The van der Waals surface area contributed by atoms with Crippen molar-refractivity contribution < 1.29 is 9.59 Å². The van der Waals surface area contributed by atoms with Crippen LogP contribution in [0.2, 0.25) is 0 Å². The third-order valence-electron chi connectivity index (χ3n) is 2.43. The van der Waals surface area contributed by atoms with E-state index in [-0.39, 0.29) is 18.7 Å². The number of hydrogen-bond donors (Lipinski definition) is 2. The molecular weight excluding hydrogens is 342 g/mol. The smallest absolute Gasteiger partial charge is 0.230 e. The quantitative estimate of drug-likeness (QED) is 0.863. The molecule has 1 aromatic heterocycles. The van der Waals surface area contributed by atoms with Gasteiger partial charge in [0.15, 0.2) is 5.13 Å². The normalized spacial score (nSPS) is 10.2. The highest BCUT2D eigenvalue weighted by atomic mass is 79.9. The van der Waals surface area contributed by atoms with Crippen LogP contribution < -0.4 is 11.1 Å². The first-order valence-corrected chi connectivity index (χ1v) is 7.47. The second kappa shape index (κ2) is 6.62. The van der Waals surface area contributed by atoms with Crippen molar-refractivity contribution >= 4 is 44.2 Å². The largest absolute Gasteiger partial charge is 0.369 e. The summed E-state index contributed by atoms with van der Waals surface area (Å²) in [5.41, 5.74) is 6.57. The summed E-state index contributed by atoms with van der Waals surface area (Å²) < 4.78 is 0.970. The van der Waals surface area contributed by atoms with Crippen molar-refractivity contribution in [3.8, 4) is 0 Å². The van der Waals surface area contributed by atoms with E-state index in [4.69, 9.17) is 5.73 Å². The molecule has 0 spiro atoms. The van der Waals surface area contributed by atoms with Crippen LogP contribution >= 0.6 is 27.3 Å². The Labute approximate surface area is 128 Å². The van der Waals surface area contributed by atoms with Gasteiger partial charge in [-0.15, -0.1) is 11.3 Å². The van der Waals surface area contributed by atoms with E-state index in [1.165, 1.54) is 11.3 Å². The molecule has 1 aromatic carbocycles. The third kappa shape index (κ3) is 4.43. The van der Waals surface area contributed by atoms with Gasteiger partial charge in [0.2, 0.25) is 11.8 Å². The van der Waals surface area contributed by atoms with Crippen molar-refractivity contribution in [2.24, 2.45) is 5.73 Å². The van der Waals surface area contributed by atoms with Crippen LogP contribution in [0.4, 0.5) is 5.13 Å². The van der Waals surface area contributed by atoms with E-state index < -0.39 is 5.91 Å². The summed E-state index contributed by atoms with van der Waals surface area (Å²) in [7, 11) is 0. The lowest BCUT2D eigenvalue weighted by atomic mass is 10.1. The minimum Gasteiger partial charge on any atom is -0.369 e. The lowest BCUT2D eigenvalue weighted by Gasteiger charge is -2.02. The number of rotatable bonds is 5. The Balaban J connectivity index is 1.92. The predicted molar refractivity (Wildman–Crippen MR) is 81.5 cm³/mol. The van der Waals surface area contributed by atoms with Crippen LogP contribution in [-0.2, 0) is 22.4 Å². The molecule has 2 aromatic rings. The Morgan fingerprint density at radius 2 is 1.95 bits per heavy atom. The fraction of sp³-hybridized carbons (Fsp3) is 0.154. The standard InChI is InChI=1S/C13H12BrN3O2S/c14-9-3-1-8(2-4-9)5-12(19)17-13-16-10(7-20-13)6-11(15)18/h1-4,7H,5-6H2,(H2,15,18)(H,16,17,19). The third-order valence-corrected chi connectivity index (χ3v) is 3.77. The monoisotopic (exact) mass is 353 g/mol. The van der Waals surface area contributed by atoms with Gasteiger partial charge in [0.05, 0.1) is 18.5 Å². The number of hydrogen-bond acceptors (Lipinski definition) is 4. The molecule has 0 aliphatic heterocycles. The minimum atomic E-state index is -0.442. The number of primary amides is 1. The molecule has 2 rings (SSSR count). The maximum absolute atomic E-state index is 11.9. The van der Waals surface area contributed by atoms with Crippen LogP contribution in [0.5, 0.6) is 0 Å². The van der Waals surface area contributed by atoms with Crippen molar-refractivity contribution in [1.82, 2.24) is 4.98 Å². The number of nitrogens with one attached hydrogen (secondary N) is 1. The summed E-state index contributed by atoms with van der Waals surface area (Å²) in [5.74, 6) is -0.588. The van der Waals surface area contributed by atoms with Crippen LogP contribution in [0.1, 0.15) is 11.3 Å². The molecule has 0 saturated heterocycles. The Morgan fingerprint density at radius 1 is 1.25 bits per heavy atom. The summed E-state index contributed by atoms with van der Waals surface area (Å²) in [5, 5.41) is 4.89. The van der Waals surface area contributed by atoms with E-state index in [0.29, 0.717) is 10.8 Å². The number of thiazole rings is 1. The van der Waals surface area contributed by atoms with E-state index in [9.17, 15) is 9.59 Å². The number of amides is 2. The van der Waals surface area contributed by atoms with Crippen molar-refractivity contribution in [3.63, 3.8) is 0 Å². The van der Waals surface area contributed by atoms with Gasteiger partial charge in [-0.2, -0.15) is 0 Å². The molecule has 0 unspecified atom stereocenters. The SMILES string of the molecule is NC(=O)Cc1csc(NC(=O)Cc2ccc(Br)cc2)n1. The Kier molecular flexibility index (Phi) is 4.86. The number of anilines is 1. The number of nitrogens with zero attached hydrogens (tertiary/aromatic N) is 1. The number of carbonyl (C=O) groups excluding carboxylic acids is 2. The fourth-order valence-electron chi connectivity index (χ4n) is 1.58. The van der Waals surface area contributed by atoms with Gasteiger partial charge in [0, 0.05) is 9.85 Å². The summed E-state index contributed by atoms with van der Waals surface area (Å²) in [6.07, 6.45) is 0.358. The first-order valence-electron chi connectivity index (χ1n) is 5.80. The van der Waals surface area contributed by atoms with Crippen molar-refractivity contribution in [2.45, 2.75) is 12.8 Å². The first-order chi connectivity index (χ1) is 9.52. The molecule has 5 nitrogen and oxygen atoms in total. The molecule has 0 aliphatic carbocycles. The Hall–Kier alpha value is -1.73. The minimum absolute atomic E-state index is 0.0824. The highest BCUT2D eigenvalue weighted by molar-refractivity contribution is 9.10. The van der Waals surface area contributed by atoms with Gasteiger partial charge in [-0.3, -0.25) is 9.59 Å². The van der Waals surface area contributed by atoms with Crippen molar-refractivity contribution in [1.29, 1.82) is 0 Å².